The van der Waals surface area contributed by atoms with Gasteiger partial charge < -0.3 is 0 Å². The van der Waals surface area contributed by atoms with Gasteiger partial charge in [-0.05, 0) is 49.3 Å². The molecule has 4 heterocycles. The van der Waals surface area contributed by atoms with Gasteiger partial charge in [-0.3, -0.25) is 47.0 Å². The zero-order valence-corrected chi connectivity index (χ0v) is 33.9. The van der Waals surface area contributed by atoms with Gasteiger partial charge in [-0.2, -0.15) is 0 Å². The van der Waals surface area contributed by atoms with E-state index in [0.717, 1.165) is 25.0 Å². The molecule has 8 rings (SSSR count). The number of carbonyl (C=O) groups is 4. The molecule has 0 bridgehead atoms. The average Bonchev–Trinajstić information content (AvgIpc) is 3.23. The van der Waals surface area contributed by atoms with E-state index in [1.165, 1.54) is 61.2 Å². The van der Waals surface area contributed by atoms with Gasteiger partial charge >= 0.3 is 11.4 Å². The van der Waals surface area contributed by atoms with E-state index in [9.17, 15) is 38.4 Å². The fourth-order valence-electron chi connectivity index (χ4n) is 6.60. The number of carbonyl (C=O) groups excluding carboxylic acids is 4. The van der Waals surface area contributed by atoms with Gasteiger partial charge in [0.05, 0.1) is 49.3 Å². The molecule has 0 saturated heterocycles. The first-order chi connectivity index (χ1) is 27.6. The minimum Gasteiger partial charge on any atom is -0.289 e. The lowest BCUT2D eigenvalue weighted by Crippen LogP contribution is -2.39. The Balaban J connectivity index is 0.000000172. The molecule has 0 spiro atoms. The number of rotatable bonds is 4. The summed E-state index contributed by atoms with van der Waals surface area (Å²) in [4.78, 5) is 111. The van der Waals surface area contributed by atoms with E-state index in [2.05, 4.69) is 22.6 Å². The highest BCUT2D eigenvalue weighted by Crippen LogP contribution is 2.36. The van der Waals surface area contributed by atoms with Crippen LogP contribution in [0.15, 0.2) is 113 Å². The molecule has 58 heavy (non-hydrogen) atoms. The first-order valence-corrected chi connectivity index (χ1v) is 19.2. The highest BCUT2D eigenvalue weighted by atomic mass is 32.2. The van der Waals surface area contributed by atoms with Crippen molar-refractivity contribution < 1.29 is 19.2 Å². The average molecular weight is 817 g/mol. The van der Waals surface area contributed by atoms with Gasteiger partial charge in [-0.15, -0.1) is 12.6 Å². The van der Waals surface area contributed by atoms with Crippen LogP contribution >= 0.6 is 24.4 Å². The number of pyridine rings is 2. The number of ketones is 4. The molecule has 6 aromatic rings. The lowest BCUT2D eigenvalue weighted by atomic mass is 9.90. The van der Waals surface area contributed by atoms with Gasteiger partial charge in [0, 0.05) is 44.1 Å². The Bertz CT molecular complexity index is 3050. The van der Waals surface area contributed by atoms with Crippen molar-refractivity contribution in [2.45, 2.75) is 36.5 Å². The Labute approximate surface area is 339 Å². The monoisotopic (exact) mass is 816 g/mol. The second-order valence-corrected chi connectivity index (χ2v) is 14.8. The molecule has 0 aliphatic heterocycles. The van der Waals surface area contributed by atoms with Crippen LogP contribution in [0.2, 0.25) is 0 Å². The maximum Gasteiger partial charge on any atom is 0.332 e. The van der Waals surface area contributed by atoms with Crippen LogP contribution in [-0.4, -0.2) is 51.4 Å². The van der Waals surface area contributed by atoms with E-state index in [-0.39, 0.29) is 60.8 Å². The summed E-state index contributed by atoms with van der Waals surface area (Å²) in [6, 6.07) is 19.1. The molecule has 14 nitrogen and oxygen atoms in total. The molecule has 0 N–H and O–H groups in total. The molecule has 0 radical (unpaired) electrons. The van der Waals surface area contributed by atoms with Crippen molar-refractivity contribution in [3.05, 3.63) is 159 Å². The topological polar surface area (TPSA) is 182 Å². The molecule has 0 atom stereocenters. The van der Waals surface area contributed by atoms with Crippen molar-refractivity contribution in [3.63, 3.8) is 0 Å². The highest BCUT2D eigenvalue weighted by Gasteiger charge is 2.34. The zero-order valence-electron chi connectivity index (χ0n) is 32.2. The molecule has 2 aromatic carbocycles. The van der Waals surface area contributed by atoms with Gasteiger partial charge in [0.15, 0.2) is 17.3 Å². The minimum absolute atomic E-state index is 0.000149. The van der Waals surface area contributed by atoms with Gasteiger partial charge in [-0.1, -0.05) is 62.0 Å². The van der Waals surface area contributed by atoms with Gasteiger partial charge in [0.2, 0.25) is 5.78 Å². The number of Topliss-reactive ketones (excluding diaryl/α,β-unsaturated/α-hetero) is 1. The number of hydrogen-bond acceptors (Lipinski definition) is 12. The van der Waals surface area contributed by atoms with Crippen LogP contribution in [0.25, 0.3) is 22.1 Å². The fourth-order valence-corrected chi connectivity index (χ4v) is 7.68. The molecule has 0 unspecified atom stereocenters. The number of hydrogen-bond donors (Lipinski definition) is 1. The van der Waals surface area contributed by atoms with Crippen LogP contribution in [-0.2, 0) is 41.0 Å². The second-order valence-electron chi connectivity index (χ2n) is 13.1. The fraction of sp³-hybridized carbons (Fsp3) is 0.190. The summed E-state index contributed by atoms with van der Waals surface area (Å²) in [6.45, 7) is 3.61. The number of nitrogens with zero attached hydrogens (tertiary/aromatic N) is 6. The van der Waals surface area contributed by atoms with Gasteiger partial charge in [0.25, 0.3) is 11.1 Å². The normalized spacial score (nSPS) is 13.1. The molecule has 4 aromatic heterocycles. The predicted octanol–water partition coefficient (Wildman–Crippen LogP) is 4.35. The predicted molar refractivity (Wildman–Crippen MR) is 224 cm³/mol. The van der Waals surface area contributed by atoms with E-state index in [0.29, 0.717) is 24.2 Å². The van der Waals surface area contributed by atoms with Crippen LogP contribution in [0, 0.1) is 0 Å². The Hall–Kier alpha value is -6.52. The standard InChI is InChI=1S/C21H17N3O4S.C15H13N3O4.C6H6S/c1-4-12-15-16(17-19(22-12)23(2)21(28)24(3)20(17)27)13(25)10-14(18(15)26)29-11-8-6-5-7-9-11;1-4-7-10-8(19)5-6-9(20)11(10)12-13(16-7)17(2)15(22)18(3)14(12)21;7-6-4-2-1-3-5-6/h5-10H,4H2,1-3H3;5-6H,4H2,1-3H3;1-5,7H. The van der Waals surface area contributed by atoms with Crippen LogP contribution in [0.3, 0.4) is 0 Å². The first-order valence-electron chi connectivity index (χ1n) is 17.9. The number of aryl methyl sites for hydroxylation is 4. The van der Waals surface area contributed by atoms with Crippen molar-refractivity contribution in [3.8, 4) is 0 Å². The summed E-state index contributed by atoms with van der Waals surface area (Å²) < 4.78 is 4.27. The van der Waals surface area contributed by atoms with E-state index >= 15 is 0 Å². The third-order valence-corrected chi connectivity index (χ3v) is 10.9. The highest BCUT2D eigenvalue weighted by molar-refractivity contribution is 8.04. The lowest BCUT2D eigenvalue weighted by Gasteiger charge is -2.20. The van der Waals surface area contributed by atoms with Crippen molar-refractivity contribution >= 4 is 69.6 Å². The molecule has 2 aliphatic carbocycles. The number of fused-ring (bicyclic) bond motifs is 6. The largest absolute Gasteiger partial charge is 0.332 e. The smallest absolute Gasteiger partial charge is 0.289 e. The summed E-state index contributed by atoms with van der Waals surface area (Å²) in [7, 11) is 5.64. The summed E-state index contributed by atoms with van der Waals surface area (Å²) in [5, 5.41) is 0.0136. The minimum atomic E-state index is -0.636. The molecular formula is C42H36N6O8S2. The second kappa shape index (κ2) is 16.5. The third-order valence-electron chi connectivity index (χ3n) is 9.56. The Kier molecular flexibility index (Phi) is 11.7. The van der Waals surface area contributed by atoms with Crippen LogP contribution in [0.4, 0.5) is 0 Å². The van der Waals surface area contributed by atoms with E-state index in [4.69, 9.17) is 0 Å². The van der Waals surface area contributed by atoms with Crippen molar-refractivity contribution in [2.75, 3.05) is 0 Å². The lowest BCUT2D eigenvalue weighted by molar-refractivity contribution is 0.0991. The number of thioether (sulfide) groups is 1. The molecule has 0 amide bonds. The zero-order chi connectivity index (χ0) is 42.2. The Morgan fingerprint density at radius 1 is 0.552 bits per heavy atom. The van der Waals surface area contributed by atoms with Crippen LogP contribution in [0.1, 0.15) is 66.7 Å². The quantitative estimate of drug-likeness (QED) is 0.250. The van der Waals surface area contributed by atoms with Crippen LogP contribution < -0.4 is 22.5 Å². The van der Waals surface area contributed by atoms with E-state index in [1.54, 1.807) is 6.92 Å². The summed E-state index contributed by atoms with van der Waals surface area (Å²) >= 11 is 5.29. The molecule has 0 saturated carbocycles. The van der Waals surface area contributed by atoms with E-state index in [1.807, 2.05) is 67.6 Å². The maximum atomic E-state index is 13.3. The molecule has 294 valence electrons. The number of allylic oxidation sites excluding steroid dienone is 4. The summed E-state index contributed by atoms with van der Waals surface area (Å²) in [5.74, 6) is -1.55. The maximum absolute atomic E-state index is 13.3. The Morgan fingerprint density at radius 2 is 0.983 bits per heavy atom. The van der Waals surface area contributed by atoms with Gasteiger partial charge in [0.1, 0.15) is 11.3 Å². The van der Waals surface area contributed by atoms with Crippen molar-refractivity contribution in [2.24, 2.45) is 28.2 Å². The number of aromatic nitrogens is 6. The number of benzene rings is 2. The van der Waals surface area contributed by atoms with Crippen molar-refractivity contribution in [1.82, 2.24) is 28.2 Å². The third kappa shape index (κ3) is 7.27. The van der Waals surface area contributed by atoms with E-state index < -0.39 is 34.1 Å². The molecular weight excluding hydrogens is 781 g/mol. The SMILES string of the molecule is CCc1nc2c(c3c1C(=O)C(Sc1ccccc1)=CC3=O)c(=O)n(C)c(=O)n2C.CCc1nc2c(c3c1C(=O)C=CC3=O)c(=O)n(C)c(=O)n2C.Sc1ccccc1. The van der Waals surface area contributed by atoms with Crippen molar-refractivity contribution in [1.29, 1.82) is 0 Å². The molecule has 2 aliphatic rings. The van der Waals surface area contributed by atoms with Crippen LogP contribution in [0.5, 0.6) is 0 Å². The molecule has 0 fully saturated rings. The first kappa shape index (κ1) is 41.1. The molecule has 16 heteroatoms. The van der Waals surface area contributed by atoms with Gasteiger partial charge in [-0.25, -0.2) is 19.6 Å². The summed E-state index contributed by atoms with van der Waals surface area (Å²) in [5.41, 5.74) is -0.885. The summed E-state index contributed by atoms with van der Waals surface area (Å²) in [6.07, 6.45) is 4.39. The Morgan fingerprint density at radius 3 is 1.43 bits per heavy atom. The number of thiol groups is 1.